The zero-order valence-corrected chi connectivity index (χ0v) is 6.71. The van der Waals surface area contributed by atoms with Crippen molar-refractivity contribution in [3.05, 3.63) is 36.8 Å². The van der Waals surface area contributed by atoms with Crippen molar-refractivity contribution >= 4 is 11.6 Å². The van der Waals surface area contributed by atoms with Gasteiger partial charge in [-0.1, -0.05) is 12.1 Å². The van der Waals surface area contributed by atoms with Crippen molar-refractivity contribution in [3.8, 4) is 0 Å². The number of hydrogen-bond donors (Lipinski definition) is 2. The van der Waals surface area contributed by atoms with Gasteiger partial charge in [0.05, 0.1) is 5.56 Å². The minimum atomic E-state index is -0.178. The Bertz CT molecular complexity index is 284. The number of carbonyl (C=O) groups excluding carboxylic acids is 1. The van der Waals surface area contributed by atoms with E-state index < -0.39 is 0 Å². The minimum absolute atomic E-state index is 0.178. The van der Waals surface area contributed by atoms with Crippen molar-refractivity contribution in [3.63, 3.8) is 0 Å². The first-order valence-corrected chi connectivity index (χ1v) is 3.67. The summed E-state index contributed by atoms with van der Waals surface area (Å²) in [5.74, 6) is -0.178. The van der Waals surface area contributed by atoms with Crippen LogP contribution < -0.4 is 11.1 Å². The van der Waals surface area contributed by atoms with Crippen LogP contribution in [0.5, 0.6) is 0 Å². The number of carbonyl (C=O) groups is 1. The van der Waals surface area contributed by atoms with Crippen LogP contribution in [0.15, 0.2) is 24.3 Å². The lowest BCUT2D eigenvalue weighted by Gasteiger charge is -2.03. The van der Waals surface area contributed by atoms with E-state index in [1.807, 2.05) is 0 Å². The molecule has 1 aromatic carbocycles. The molecule has 0 fully saturated rings. The lowest BCUT2D eigenvalue weighted by atomic mass is 10.2. The van der Waals surface area contributed by atoms with Crippen LogP contribution in [0.3, 0.4) is 0 Å². The molecule has 0 saturated carbocycles. The Morgan fingerprint density at radius 2 is 2.17 bits per heavy atom. The van der Waals surface area contributed by atoms with Gasteiger partial charge in [0, 0.05) is 12.2 Å². The van der Waals surface area contributed by atoms with E-state index in [1.54, 1.807) is 24.3 Å². The van der Waals surface area contributed by atoms with Crippen molar-refractivity contribution in [1.82, 2.24) is 5.32 Å². The van der Waals surface area contributed by atoms with E-state index in [9.17, 15) is 4.79 Å². The molecule has 0 spiro atoms. The summed E-state index contributed by atoms with van der Waals surface area (Å²) in [5.41, 5.74) is 6.56. The summed E-state index contributed by atoms with van der Waals surface area (Å²) in [6, 6.07) is 6.93. The Labute approximate surface area is 71.6 Å². The highest BCUT2D eigenvalue weighted by Gasteiger charge is 2.05. The summed E-state index contributed by atoms with van der Waals surface area (Å²) in [6.45, 7) is 3.88. The van der Waals surface area contributed by atoms with E-state index in [-0.39, 0.29) is 5.91 Å². The second-order valence-electron chi connectivity index (χ2n) is 2.34. The van der Waals surface area contributed by atoms with Gasteiger partial charge < -0.3 is 11.1 Å². The quantitative estimate of drug-likeness (QED) is 0.634. The lowest BCUT2D eigenvalue weighted by Crippen LogP contribution is -2.23. The average Bonchev–Trinajstić information content (AvgIpc) is 2.05. The number of benzene rings is 1. The first kappa shape index (κ1) is 8.59. The summed E-state index contributed by atoms with van der Waals surface area (Å²) >= 11 is 0. The monoisotopic (exact) mass is 163 g/mol. The predicted molar refractivity (Wildman–Crippen MR) is 48.5 cm³/mol. The highest BCUT2D eigenvalue weighted by molar-refractivity contribution is 5.99. The summed E-state index contributed by atoms with van der Waals surface area (Å²) in [4.78, 5) is 11.2. The zero-order chi connectivity index (χ0) is 8.97. The van der Waals surface area contributed by atoms with Gasteiger partial charge in [-0.25, -0.2) is 0 Å². The molecule has 1 rings (SSSR count). The van der Waals surface area contributed by atoms with E-state index in [0.717, 1.165) is 0 Å². The third kappa shape index (κ3) is 1.75. The third-order valence-corrected chi connectivity index (χ3v) is 1.49. The number of anilines is 1. The molecule has 3 nitrogen and oxygen atoms in total. The van der Waals surface area contributed by atoms with Gasteiger partial charge in [0.1, 0.15) is 0 Å². The summed E-state index contributed by atoms with van der Waals surface area (Å²) in [6.07, 6.45) is 0. The number of nitrogen functional groups attached to an aromatic ring is 1. The van der Waals surface area contributed by atoms with Gasteiger partial charge in [0.15, 0.2) is 0 Å². The van der Waals surface area contributed by atoms with Gasteiger partial charge in [0.25, 0.3) is 5.91 Å². The number of amides is 1. The smallest absolute Gasteiger partial charge is 0.253 e. The molecule has 0 unspecified atom stereocenters. The number of nitrogens with two attached hydrogens (primary N) is 1. The second-order valence-corrected chi connectivity index (χ2v) is 2.34. The van der Waals surface area contributed by atoms with Crippen LogP contribution in [0.25, 0.3) is 0 Å². The number of hydrogen-bond acceptors (Lipinski definition) is 2. The largest absolute Gasteiger partial charge is 0.398 e. The van der Waals surface area contributed by atoms with Crippen molar-refractivity contribution in [2.75, 3.05) is 12.3 Å². The second kappa shape index (κ2) is 3.76. The Kier molecular flexibility index (Phi) is 2.69. The standard InChI is InChI=1S/C9H11N2O/c1-2-11-9(12)7-5-3-4-6-8(7)10/h3-6H,1-2,10H2,(H,11,12). The number of nitrogens with one attached hydrogen (secondary N) is 1. The minimum Gasteiger partial charge on any atom is -0.398 e. The SMILES string of the molecule is [CH2]CNC(=O)c1ccccc1N. The third-order valence-electron chi connectivity index (χ3n) is 1.49. The Morgan fingerprint density at radius 1 is 1.50 bits per heavy atom. The average molecular weight is 163 g/mol. The highest BCUT2D eigenvalue weighted by Crippen LogP contribution is 2.09. The molecule has 0 bridgehead atoms. The van der Waals surface area contributed by atoms with Crippen LogP contribution in [-0.4, -0.2) is 12.5 Å². The van der Waals surface area contributed by atoms with E-state index in [0.29, 0.717) is 17.8 Å². The van der Waals surface area contributed by atoms with Gasteiger partial charge in [-0.2, -0.15) is 0 Å². The first-order valence-electron chi connectivity index (χ1n) is 3.67. The van der Waals surface area contributed by atoms with Gasteiger partial charge in [-0.15, -0.1) is 0 Å². The Hall–Kier alpha value is -1.51. The van der Waals surface area contributed by atoms with Crippen LogP contribution in [0.2, 0.25) is 0 Å². The fourth-order valence-corrected chi connectivity index (χ4v) is 0.913. The van der Waals surface area contributed by atoms with Gasteiger partial charge in [-0.3, -0.25) is 4.79 Å². The van der Waals surface area contributed by atoms with Crippen LogP contribution in [0, 0.1) is 6.92 Å². The Morgan fingerprint density at radius 3 is 2.75 bits per heavy atom. The molecule has 12 heavy (non-hydrogen) atoms. The molecule has 0 aliphatic heterocycles. The fraction of sp³-hybridized carbons (Fsp3) is 0.111. The van der Waals surface area contributed by atoms with Crippen LogP contribution in [0.1, 0.15) is 10.4 Å². The molecule has 1 aromatic rings. The van der Waals surface area contributed by atoms with Crippen LogP contribution >= 0.6 is 0 Å². The fourth-order valence-electron chi connectivity index (χ4n) is 0.913. The highest BCUT2D eigenvalue weighted by atomic mass is 16.1. The van der Waals surface area contributed by atoms with E-state index in [1.165, 1.54) is 0 Å². The lowest BCUT2D eigenvalue weighted by molar-refractivity contribution is 0.0958. The topological polar surface area (TPSA) is 55.1 Å². The number of para-hydroxylation sites is 1. The van der Waals surface area contributed by atoms with Crippen molar-refractivity contribution in [1.29, 1.82) is 0 Å². The summed E-state index contributed by atoms with van der Waals surface area (Å²) < 4.78 is 0. The molecular weight excluding hydrogens is 152 g/mol. The van der Waals surface area contributed by atoms with E-state index in [2.05, 4.69) is 12.2 Å². The molecule has 0 heterocycles. The first-order chi connectivity index (χ1) is 5.75. The molecule has 63 valence electrons. The molecule has 0 aliphatic carbocycles. The van der Waals surface area contributed by atoms with Gasteiger partial charge in [-0.05, 0) is 19.1 Å². The normalized spacial score (nSPS) is 9.42. The molecule has 1 amide bonds. The zero-order valence-electron chi connectivity index (χ0n) is 6.71. The molecule has 0 atom stereocenters. The molecule has 0 aliphatic rings. The van der Waals surface area contributed by atoms with Gasteiger partial charge in [0.2, 0.25) is 0 Å². The van der Waals surface area contributed by atoms with E-state index >= 15 is 0 Å². The summed E-state index contributed by atoms with van der Waals surface area (Å²) in [7, 11) is 0. The maximum absolute atomic E-state index is 11.2. The van der Waals surface area contributed by atoms with Gasteiger partial charge >= 0.3 is 0 Å². The predicted octanol–water partition coefficient (Wildman–Crippen LogP) is 0.833. The van der Waals surface area contributed by atoms with E-state index in [4.69, 9.17) is 5.73 Å². The van der Waals surface area contributed by atoms with Crippen molar-refractivity contribution in [2.24, 2.45) is 0 Å². The number of rotatable bonds is 2. The van der Waals surface area contributed by atoms with Crippen molar-refractivity contribution < 1.29 is 4.79 Å². The van der Waals surface area contributed by atoms with Crippen LogP contribution in [0.4, 0.5) is 5.69 Å². The molecular formula is C9H11N2O. The summed E-state index contributed by atoms with van der Waals surface area (Å²) in [5, 5.41) is 2.57. The molecule has 0 aromatic heterocycles. The molecule has 3 heteroatoms. The molecule has 3 N–H and O–H groups in total. The maximum atomic E-state index is 11.2. The van der Waals surface area contributed by atoms with Crippen LogP contribution in [-0.2, 0) is 0 Å². The molecule has 0 saturated heterocycles. The molecule has 1 radical (unpaired) electrons. The van der Waals surface area contributed by atoms with Crippen molar-refractivity contribution in [2.45, 2.75) is 0 Å². The Balaban J connectivity index is 2.87. The maximum Gasteiger partial charge on any atom is 0.253 e.